The SMILES string of the molecule is O=c1[nH]cnc2cn(-c3ccccn3)nc12. The zero-order chi connectivity index (χ0) is 11.0. The van der Waals surface area contributed by atoms with Gasteiger partial charge in [-0.25, -0.2) is 14.6 Å². The summed E-state index contributed by atoms with van der Waals surface area (Å²) in [6, 6.07) is 5.48. The average Bonchev–Trinajstić information content (AvgIpc) is 2.76. The van der Waals surface area contributed by atoms with Crippen molar-refractivity contribution in [2.24, 2.45) is 0 Å². The molecule has 3 aromatic rings. The number of rotatable bonds is 1. The number of hydrogen-bond acceptors (Lipinski definition) is 4. The van der Waals surface area contributed by atoms with Gasteiger partial charge in [0.25, 0.3) is 5.56 Å². The minimum absolute atomic E-state index is 0.250. The number of nitrogens with zero attached hydrogens (tertiary/aromatic N) is 4. The Balaban J connectivity index is 2.28. The minimum atomic E-state index is -0.250. The highest BCUT2D eigenvalue weighted by Crippen LogP contribution is 2.07. The van der Waals surface area contributed by atoms with Crippen LogP contribution < -0.4 is 5.56 Å². The Morgan fingerprint density at radius 3 is 2.94 bits per heavy atom. The monoisotopic (exact) mass is 213 g/mol. The summed E-state index contributed by atoms with van der Waals surface area (Å²) in [5.41, 5.74) is 0.613. The second-order valence-corrected chi connectivity index (χ2v) is 3.23. The molecule has 3 aromatic heterocycles. The van der Waals surface area contributed by atoms with Crippen LogP contribution in [0, 0.1) is 0 Å². The van der Waals surface area contributed by atoms with Crippen molar-refractivity contribution in [3.8, 4) is 5.82 Å². The summed E-state index contributed by atoms with van der Waals surface area (Å²) >= 11 is 0. The average molecular weight is 213 g/mol. The number of fused-ring (bicyclic) bond motifs is 1. The third kappa shape index (κ3) is 1.28. The van der Waals surface area contributed by atoms with Crippen molar-refractivity contribution in [3.05, 3.63) is 47.3 Å². The van der Waals surface area contributed by atoms with Crippen molar-refractivity contribution in [1.29, 1.82) is 0 Å². The fourth-order valence-corrected chi connectivity index (χ4v) is 1.46. The summed E-state index contributed by atoms with van der Waals surface area (Å²) in [4.78, 5) is 22.1. The second kappa shape index (κ2) is 3.27. The first-order valence-corrected chi connectivity index (χ1v) is 4.69. The maximum atomic E-state index is 11.4. The molecule has 3 heterocycles. The van der Waals surface area contributed by atoms with Crippen molar-refractivity contribution in [1.82, 2.24) is 24.7 Å². The Hall–Kier alpha value is -2.50. The second-order valence-electron chi connectivity index (χ2n) is 3.23. The normalized spacial score (nSPS) is 10.8. The van der Waals surface area contributed by atoms with Crippen LogP contribution in [0.4, 0.5) is 0 Å². The predicted octanol–water partition coefficient (Wildman–Crippen LogP) is 0.504. The lowest BCUT2D eigenvalue weighted by molar-refractivity contribution is 0.858. The molecule has 6 nitrogen and oxygen atoms in total. The molecule has 0 unspecified atom stereocenters. The van der Waals surface area contributed by atoms with Crippen molar-refractivity contribution >= 4 is 11.0 Å². The Bertz CT molecular complexity index is 685. The van der Waals surface area contributed by atoms with Crippen LogP contribution in [0.5, 0.6) is 0 Å². The Labute approximate surface area is 89.6 Å². The first-order valence-electron chi connectivity index (χ1n) is 4.69. The maximum Gasteiger partial charge on any atom is 0.279 e. The van der Waals surface area contributed by atoms with Gasteiger partial charge in [0.2, 0.25) is 0 Å². The molecule has 1 N–H and O–H groups in total. The van der Waals surface area contributed by atoms with Gasteiger partial charge >= 0.3 is 0 Å². The van der Waals surface area contributed by atoms with Gasteiger partial charge in [-0.05, 0) is 12.1 Å². The van der Waals surface area contributed by atoms with Crippen LogP contribution in [0.3, 0.4) is 0 Å². The first-order chi connectivity index (χ1) is 7.84. The lowest BCUT2D eigenvalue weighted by atomic mass is 10.4. The van der Waals surface area contributed by atoms with E-state index >= 15 is 0 Å². The molecule has 0 amide bonds. The van der Waals surface area contributed by atoms with Gasteiger partial charge in [0, 0.05) is 6.20 Å². The Morgan fingerprint density at radius 2 is 2.19 bits per heavy atom. The van der Waals surface area contributed by atoms with E-state index in [1.807, 2.05) is 12.1 Å². The molecule has 0 bridgehead atoms. The van der Waals surface area contributed by atoms with E-state index in [0.717, 1.165) is 0 Å². The van der Waals surface area contributed by atoms with E-state index < -0.39 is 0 Å². The van der Waals surface area contributed by atoms with E-state index in [2.05, 4.69) is 20.1 Å². The molecule has 6 heteroatoms. The number of aromatic nitrogens is 5. The van der Waals surface area contributed by atoms with Crippen LogP contribution in [-0.2, 0) is 0 Å². The molecular formula is C10H7N5O. The van der Waals surface area contributed by atoms with E-state index in [1.165, 1.54) is 11.0 Å². The molecule has 0 radical (unpaired) electrons. The van der Waals surface area contributed by atoms with E-state index in [0.29, 0.717) is 16.9 Å². The van der Waals surface area contributed by atoms with E-state index in [1.54, 1.807) is 18.5 Å². The van der Waals surface area contributed by atoms with Crippen LogP contribution in [0.25, 0.3) is 16.9 Å². The minimum Gasteiger partial charge on any atom is -0.311 e. The molecule has 0 aromatic carbocycles. The molecular weight excluding hydrogens is 206 g/mol. The van der Waals surface area contributed by atoms with Gasteiger partial charge in [0.1, 0.15) is 5.52 Å². The summed E-state index contributed by atoms with van der Waals surface area (Å²) in [5.74, 6) is 0.653. The van der Waals surface area contributed by atoms with Gasteiger partial charge in [0.15, 0.2) is 11.3 Å². The summed E-state index contributed by atoms with van der Waals surface area (Å²) in [5, 5.41) is 4.13. The topological polar surface area (TPSA) is 76.5 Å². The molecule has 16 heavy (non-hydrogen) atoms. The fourth-order valence-electron chi connectivity index (χ4n) is 1.46. The third-order valence-corrected chi connectivity index (χ3v) is 2.19. The van der Waals surface area contributed by atoms with E-state index in [9.17, 15) is 4.79 Å². The quantitative estimate of drug-likeness (QED) is 0.638. The molecule has 0 fully saturated rings. The van der Waals surface area contributed by atoms with Gasteiger partial charge in [-0.15, -0.1) is 0 Å². The van der Waals surface area contributed by atoms with Gasteiger partial charge < -0.3 is 4.98 Å². The largest absolute Gasteiger partial charge is 0.311 e. The van der Waals surface area contributed by atoms with Crippen molar-refractivity contribution in [2.45, 2.75) is 0 Å². The summed E-state index contributed by atoms with van der Waals surface area (Å²) < 4.78 is 1.53. The zero-order valence-corrected chi connectivity index (χ0v) is 8.16. The highest BCUT2D eigenvalue weighted by Gasteiger charge is 2.06. The summed E-state index contributed by atoms with van der Waals surface area (Å²) in [7, 11) is 0. The molecule has 0 spiro atoms. The smallest absolute Gasteiger partial charge is 0.279 e. The zero-order valence-electron chi connectivity index (χ0n) is 8.16. The first kappa shape index (κ1) is 8.78. The molecule has 0 saturated carbocycles. The number of hydrogen-bond donors (Lipinski definition) is 1. The fraction of sp³-hybridized carbons (Fsp3) is 0. The van der Waals surface area contributed by atoms with Crippen LogP contribution in [0.15, 0.2) is 41.7 Å². The van der Waals surface area contributed by atoms with Crippen molar-refractivity contribution < 1.29 is 0 Å². The number of aromatic amines is 1. The Kier molecular flexibility index (Phi) is 1.79. The Morgan fingerprint density at radius 1 is 1.25 bits per heavy atom. The standard InChI is InChI=1S/C10H7N5O/c16-10-9-7(12-6-13-10)5-15(14-9)8-3-1-2-4-11-8/h1-6H,(H,12,13,16). The molecule has 0 aliphatic heterocycles. The number of H-pyrrole nitrogens is 1. The van der Waals surface area contributed by atoms with Gasteiger partial charge in [-0.2, -0.15) is 5.10 Å². The van der Waals surface area contributed by atoms with Crippen LogP contribution in [-0.4, -0.2) is 24.7 Å². The molecule has 0 saturated heterocycles. The molecule has 0 aliphatic carbocycles. The third-order valence-electron chi connectivity index (χ3n) is 2.19. The van der Waals surface area contributed by atoms with Crippen LogP contribution in [0.2, 0.25) is 0 Å². The van der Waals surface area contributed by atoms with Crippen LogP contribution >= 0.6 is 0 Å². The number of nitrogens with one attached hydrogen (secondary N) is 1. The van der Waals surface area contributed by atoms with Gasteiger partial charge in [0.05, 0.1) is 12.5 Å². The van der Waals surface area contributed by atoms with E-state index in [4.69, 9.17) is 0 Å². The summed E-state index contributed by atoms with van der Waals surface area (Å²) in [6.45, 7) is 0. The maximum absolute atomic E-state index is 11.4. The predicted molar refractivity (Wildman–Crippen MR) is 57.3 cm³/mol. The molecule has 0 atom stereocenters. The highest BCUT2D eigenvalue weighted by atomic mass is 16.1. The van der Waals surface area contributed by atoms with Crippen molar-refractivity contribution in [3.63, 3.8) is 0 Å². The van der Waals surface area contributed by atoms with Crippen molar-refractivity contribution in [2.75, 3.05) is 0 Å². The van der Waals surface area contributed by atoms with Gasteiger partial charge in [-0.1, -0.05) is 6.07 Å². The highest BCUT2D eigenvalue weighted by molar-refractivity contribution is 5.72. The number of pyridine rings is 1. The molecule has 3 rings (SSSR count). The molecule has 0 aliphatic rings. The van der Waals surface area contributed by atoms with Crippen LogP contribution in [0.1, 0.15) is 0 Å². The van der Waals surface area contributed by atoms with E-state index in [-0.39, 0.29) is 5.56 Å². The summed E-state index contributed by atoms with van der Waals surface area (Å²) in [6.07, 6.45) is 4.70. The lowest BCUT2D eigenvalue weighted by Crippen LogP contribution is -2.06. The van der Waals surface area contributed by atoms with Gasteiger partial charge in [-0.3, -0.25) is 4.79 Å². The molecule has 78 valence electrons. The lowest BCUT2D eigenvalue weighted by Gasteiger charge is -1.96.